The van der Waals surface area contributed by atoms with Crippen LogP contribution in [0.5, 0.6) is 5.75 Å². The molecule has 0 atom stereocenters. The quantitative estimate of drug-likeness (QED) is 0.773. The van der Waals surface area contributed by atoms with Gasteiger partial charge in [0.2, 0.25) is 0 Å². The highest BCUT2D eigenvalue weighted by Gasteiger charge is 2.19. The molecule has 0 saturated carbocycles. The van der Waals surface area contributed by atoms with Gasteiger partial charge in [0.05, 0.1) is 0 Å². The summed E-state index contributed by atoms with van der Waals surface area (Å²) in [5.41, 5.74) is 2.02. The van der Waals surface area contributed by atoms with Gasteiger partial charge in [-0.1, -0.05) is 13.8 Å². The van der Waals surface area contributed by atoms with Crippen molar-refractivity contribution in [1.82, 2.24) is 4.90 Å². The van der Waals surface area contributed by atoms with E-state index in [1.165, 1.54) is 0 Å². The number of fused-ring (bicyclic) bond motifs is 1. The predicted octanol–water partition coefficient (Wildman–Crippen LogP) is 2.54. The van der Waals surface area contributed by atoms with E-state index in [0.29, 0.717) is 13.0 Å². The van der Waals surface area contributed by atoms with Crippen molar-refractivity contribution < 1.29 is 9.53 Å². The molecule has 0 bridgehead atoms. The second kappa shape index (κ2) is 6.01. The maximum absolute atomic E-state index is 11.5. The summed E-state index contributed by atoms with van der Waals surface area (Å²) >= 11 is 0. The SMILES string of the molecule is CCN(CC)CCOc1ccc2c(c1)CCC2=O. The fraction of sp³-hybridized carbons (Fsp3) is 0.533. The number of Topliss-reactive ketones (excluding diaryl/α,β-unsaturated/α-hetero) is 1. The molecule has 0 spiro atoms. The van der Waals surface area contributed by atoms with Gasteiger partial charge in [0.25, 0.3) is 0 Å². The Bertz CT molecular complexity index is 425. The Labute approximate surface area is 109 Å². The number of hydrogen-bond donors (Lipinski definition) is 0. The van der Waals surface area contributed by atoms with Gasteiger partial charge in [0.1, 0.15) is 12.4 Å². The van der Waals surface area contributed by atoms with Crippen molar-refractivity contribution in [3.8, 4) is 5.75 Å². The Morgan fingerprint density at radius 3 is 2.72 bits per heavy atom. The average Bonchev–Trinajstić information content (AvgIpc) is 2.76. The van der Waals surface area contributed by atoms with Crippen molar-refractivity contribution in [2.45, 2.75) is 26.7 Å². The van der Waals surface area contributed by atoms with Crippen molar-refractivity contribution in [2.75, 3.05) is 26.2 Å². The van der Waals surface area contributed by atoms with Crippen LogP contribution in [0.3, 0.4) is 0 Å². The number of carbonyl (C=O) groups excluding carboxylic acids is 1. The van der Waals surface area contributed by atoms with Crippen LogP contribution in [-0.4, -0.2) is 36.9 Å². The number of likely N-dealkylation sites (N-methyl/N-ethyl adjacent to an activating group) is 1. The molecule has 18 heavy (non-hydrogen) atoms. The summed E-state index contributed by atoms with van der Waals surface area (Å²) in [4.78, 5) is 13.8. The van der Waals surface area contributed by atoms with Crippen LogP contribution in [0.25, 0.3) is 0 Å². The van der Waals surface area contributed by atoms with Crippen molar-refractivity contribution in [1.29, 1.82) is 0 Å². The maximum Gasteiger partial charge on any atom is 0.163 e. The molecule has 2 rings (SSSR count). The molecule has 0 saturated heterocycles. The summed E-state index contributed by atoms with van der Waals surface area (Å²) < 4.78 is 5.75. The molecule has 0 fully saturated rings. The molecule has 3 nitrogen and oxygen atoms in total. The van der Waals surface area contributed by atoms with Crippen LogP contribution >= 0.6 is 0 Å². The van der Waals surface area contributed by atoms with E-state index in [2.05, 4.69) is 18.7 Å². The third-order valence-corrected chi connectivity index (χ3v) is 3.57. The Balaban J connectivity index is 1.89. The van der Waals surface area contributed by atoms with E-state index >= 15 is 0 Å². The fourth-order valence-electron chi connectivity index (χ4n) is 2.35. The number of ketones is 1. The van der Waals surface area contributed by atoms with Crippen LogP contribution in [0.2, 0.25) is 0 Å². The van der Waals surface area contributed by atoms with E-state index in [1.807, 2.05) is 18.2 Å². The van der Waals surface area contributed by atoms with Crippen molar-refractivity contribution >= 4 is 5.78 Å². The smallest absolute Gasteiger partial charge is 0.163 e. The molecular formula is C15H21NO2. The number of benzene rings is 1. The normalized spacial score (nSPS) is 14.1. The minimum Gasteiger partial charge on any atom is -0.492 e. The molecule has 0 aliphatic heterocycles. The first-order valence-corrected chi connectivity index (χ1v) is 6.75. The lowest BCUT2D eigenvalue weighted by Gasteiger charge is -2.18. The van der Waals surface area contributed by atoms with Gasteiger partial charge in [-0.3, -0.25) is 4.79 Å². The molecule has 1 aliphatic carbocycles. The first kappa shape index (κ1) is 13.1. The van der Waals surface area contributed by atoms with Gasteiger partial charge in [-0.25, -0.2) is 0 Å². The third-order valence-electron chi connectivity index (χ3n) is 3.57. The largest absolute Gasteiger partial charge is 0.492 e. The topological polar surface area (TPSA) is 29.5 Å². The Morgan fingerprint density at radius 2 is 2.00 bits per heavy atom. The second-order valence-electron chi connectivity index (χ2n) is 4.62. The zero-order chi connectivity index (χ0) is 13.0. The highest BCUT2D eigenvalue weighted by atomic mass is 16.5. The molecule has 0 amide bonds. The molecule has 1 aliphatic rings. The summed E-state index contributed by atoms with van der Waals surface area (Å²) in [6.07, 6.45) is 1.51. The summed E-state index contributed by atoms with van der Waals surface area (Å²) in [5, 5.41) is 0. The van der Waals surface area contributed by atoms with E-state index in [9.17, 15) is 4.79 Å². The molecule has 0 aromatic heterocycles. The first-order chi connectivity index (χ1) is 8.74. The van der Waals surface area contributed by atoms with Gasteiger partial charge in [0.15, 0.2) is 5.78 Å². The molecule has 1 aromatic rings. The van der Waals surface area contributed by atoms with Crippen LogP contribution in [0, 0.1) is 0 Å². The lowest BCUT2D eigenvalue weighted by Crippen LogP contribution is -2.27. The summed E-state index contributed by atoms with van der Waals surface area (Å²) in [7, 11) is 0. The number of ether oxygens (including phenoxy) is 1. The minimum atomic E-state index is 0.264. The monoisotopic (exact) mass is 247 g/mol. The highest BCUT2D eigenvalue weighted by molar-refractivity contribution is 6.00. The van der Waals surface area contributed by atoms with Gasteiger partial charge >= 0.3 is 0 Å². The van der Waals surface area contributed by atoms with Gasteiger partial charge in [-0.2, -0.15) is 0 Å². The predicted molar refractivity (Wildman–Crippen MR) is 72.4 cm³/mol. The van der Waals surface area contributed by atoms with Crippen LogP contribution in [0.4, 0.5) is 0 Å². The molecule has 0 N–H and O–H groups in total. The van der Waals surface area contributed by atoms with E-state index in [0.717, 1.165) is 42.9 Å². The summed E-state index contributed by atoms with van der Waals surface area (Å²) in [6, 6.07) is 5.82. The highest BCUT2D eigenvalue weighted by Crippen LogP contribution is 2.26. The number of aryl methyl sites for hydroxylation is 1. The number of carbonyl (C=O) groups is 1. The van der Waals surface area contributed by atoms with Gasteiger partial charge in [0, 0.05) is 18.5 Å². The van der Waals surface area contributed by atoms with E-state index < -0.39 is 0 Å². The Hall–Kier alpha value is -1.35. The van der Waals surface area contributed by atoms with Crippen molar-refractivity contribution in [3.05, 3.63) is 29.3 Å². The van der Waals surface area contributed by atoms with Crippen LogP contribution in [-0.2, 0) is 6.42 Å². The van der Waals surface area contributed by atoms with Crippen LogP contribution in [0.15, 0.2) is 18.2 Å². The number of hydrogen-bond acceptors (Lipinski definition) is 3. The zero-order valence-electron chi connectivity index (χ0n) is 11.2. The van der Waals surface area contributed by atoms with Gasteiger partial charge < -0.3 is 9.64 Å². The van der Waals surface area contributed by atoms with Gasteiger partial charge in [-0.05, 0) is 43.3 Å². The molecule has 0 radical (unpaired) electrons. The van der Waals surface area contributed by atoms with Crippen LogP contribution < -0.4 is 4.74 Å². The second-order valence-corrected chi connectivity index (χ2v) is 4.62. The van der Waals surface area contributed by atoms with Crippen molar-refractivity contribution in [3.63, 3.8) is 0 Å². The standard InChI is InChI=1S/C15H21NO2/c1-3-16(4-2)9-10-18-13-6-7-14-12(11-13)5-8-15(14)17/h6-7,11H,3-5,8-10H2,1-2H3. The molecule has 3 heteroatoms. The lowest BCUT2D eigenvalue weighted by atomic mass is 10.1. The summed E-state index contributed by atoms with van der Waals surface area (Å²) in [6.45, 7) is 8.07. The first-order valence-electron chi connectivity index (χ1n) is 6.75. The Kier molecular flexibility index (Phi) is 4.37. The Morgan fingerprint density at radius 1 is 1.22 bits per heavy atom. The number of nitrogens with zero attached hydrogens (tertiary/aromatic N) is 1. The lowest BCUT2D eigenvalue weighted by molar-refractivity contribution is 0.0994. The summed E-state index contributed by atoms with van der Waals surface area (Å²) in [5.74, 6) is 1.15. The zero-order valence-corrected chi connectivity index (χ0v) is 11.2. The van der Waals surface area contributed by atoms with Crippen LogP contribution in [0.1, 0.15) is 36.2 Å². The molecule has 0 heterocycles. The van der Waals surface area contributed by atoms with Gasteiger partial charge in [-0.15, -0.1) is 0 Å². The number of rotatable bonds is 6. The third kappa shape index (κ3) is 2.91. The minimum absolute atomic E-state index is 0.264. The van der Waals surface area contributed by atoms with E-state index in [4.69, 9.17) is 4.74 Å². The average molecular weight is 247 g/mol. The van der Waals surface area contributed by atoms with E-state index in [1.54, 1.807) is 0 Å². The maximum atomic E-state index is 11.5. The fourth-order valence-corrected chi connectivity index (χ4v) is 2.35. The molecule has 1 aromatic carbocycles. The van der Waals surface area contributed by atoms with E-state index in [-0.39, 0.29) is 5.78 Å². The molecular weight excluding hydrogens is 226 g/mol. The van der Waals surface area contributed by atoms with Crippen molar-refractivity contribution in [2.24, 2.45) is 0 Å². The molecule has 0 unspecified atom stereocenters. The molecule has 98 valence electrons.